The number of nitro benzene ring substituents is 1. The van der Waals surface area contributed by atoms with Crippen molar-refractivity contribution in [2.75, 3.05) is 0 Å². The van der Waals surface area contributed by atoms with E-state index in [1.807, 2.05) is 12.1 Å². The number of hydrogen-bond donors (Lipinski definition) is 0. The van der Waals surface area contributed by atoms with Crippen molar-refractivity contribution in [2.45, 2.75) is 0 Å². The van der Waals surface area contributed by atoms with Crippen LogP contribution in [0.5, 0.6) is 11.5 Å². The van der Waals surface area contributed by atoms with E-state index >= 15 is 0 Å². The zero-order chi connectivity index (χ0) is 14.5. The molecule has 0 aliphatic carbocycles. The van der Waals surface area contributed by atoms with E-state index in [2.05, 4.69) is 0 Å². The summed E-state index contributed by atoms with van der Waals surface area (Å²) in [6.07, 6.45) is 0. The largest absolute Gasteiger partial charge is 0.450 e. The van der Waals surface area contributed by atoms with Gasteiger partial charge in [-0.3, -0.25) is 10.1 Å². The highest BCUT2D eigenvalue weighted by Crippen LogP contribution is 2.32. The normalized spacial score (nSPS) is 9.30. The molecule has 2 aromatic rings. The zero-order valence-electron chi connectivity index (χ0n) is 10.1. The Labute approximate surface area is 114 Å². The quantitative estimate of drug-likeness (QED) is 0.626. The molecular formula is C14H7N3O3. The molecule has 0 aliphatic heterocycles. The predicted octanol–water partition coefficient (Wildman–Crippen LogP) is 3.13. The van der Waals surface area contributed by atoms with Crippen LogP contribution in [0.3, 0.4) is 0 Å². The summed E-state index contributed by atoms with van der Waals surface area (Å²) in [5.74, 6) is 0.334. The van der Waals surface area contributed by atoms with Crippen LogP contribution in [-0.2, 0) is 0 Å². The van der Waals surface area contributed by atoms with Gasteiger partial charge in [0.1, 0.15) is 5.75 Å². The van der Waals surface area contributed by atoms with Gasteiger partial charge in [0, 0.05) is 12.1 Å². The molecule has 0 bridgehead atoms. The Morgan fingerprint density at radius 2 is 1.60 bits per heavy atom. The summed E-state index contributed by atoms with van der Waals surface area (Å²) in [5.41, 5.74) is 0.491. The van der Waals surface area contributed by atoms with Gasteiger partial charge in [0.05, 0.1) is 28.2 Å². The van der Waals surface area contributed by atoms with E-state index in [0.29, 0.717) is 11.3 Å². The van der Waals surface area contributed by atoms with E-state index in [4.69, 9.17) is 15.3 Å². The maximum absolute atomic E-state index is 10.9. The maximum atomic E-state index is 10.9. The van der Waals surface area contributed by atoms with Gasteiger partial charge in [0.25, 0.3) is 0 Å². The fraction of sp³-hybridized carbons (Fsp3) is 0. The number of rotatable bonds is 3. The van der Waals surface area contributed by atoms with Crippen LogP contribution in [-0.4, -0.2) is 4.92 Å². The van der Waals surface area contributed by atoms with Crippen molar-refractivity contribution < 1.29 is 9.66 Å². The minimum atomic E-state index is -0.583. The fourth-order valence-electron chi connectivity index (χ4n) is 1.54. The molecule has 2 aromatic carbocycles. The van der Waals surface area contributed by atoms with Crippen LogP contribution in [0, 0.1) is 32.8 Å². The molecule has 0 spiro atoms. The molecule has 0 unspecified atom stereocenters. The number of ether oxygens (including phenoxy) is 1. The average Bonchev–Trinajstić information content (AvgIpc) is 2.47. The molecule has 0 heterocycles. The molecule has 0 aliphatic rings. The van der Waals surface area contributed by atoms with Crippen molar-refractivity contribution in [2.24, 2.45) is 0 Å². The first-order valence-corrected chi connectivity index (χ1v) is 5.50. The average molecular weight is 265 g/mol. The fourth-order valence-corrected chi connectivity index (χ4v) is 1.54. The standard InChI is InChI=1S/C14H7N3O3/c15-8-10-1-4-12(5-2-10)20-14-7-11(9-16)3-6-13(14)17(18)19/h1-7H. The minimum Gasteiger partial charge on any atom is -0.450 e. The molecule has 0 fully saturated rings. The molecule has 0 atom stereocenters. The molecule has 20 heavy (non-hydrogen) atoms. The van der Waals surface area contributed by atoms with Crippen molar-refractivity contribution in [3.05, 3.63) is 63.7 Å². The Bertz CT molecular complexity index is 740. The van der Waals surface area contributed by atoms with E-state index in [1.54, 1.807) is 0 Å². The third kappa shape index (κ3) is 2.71. The van der Waals surface area contributed by atoms with Gasteiger partial charge in [-0.2, -0.15) is 10.5 Å². The lowest BCUT2D eigenvalue weighted by Crippen LogP contribution is -1.94. The molecule has 0 aromatic heterocycles. The first kappa shape index (κ1) is 13.1. The predicted molar refractivity (Wildman–Crippen MR) is 69.0 cm³/mol. The third-order valence-corrected chi connectivity index (χ3v) is 2.50. The number of nitriles is 2. The molecule has 6 nitrogen and oxygen atoms in total. The summed E-state index contributed by atoms with van der Waals surface area (Å²) in [5, 5.41) is 28.4. The van der Waals surface area contributed by atoms with E-state index in [-0.39, 0.29) is 17.0 Å². The van der Waals surface area contributed by atoms with Gasteiger partial charge in [-0.15, -0.1) is 0 Å². The molecule has 0 saturated heterocycles. The molecule has 2 rings (SSSR count). The summed E-state index contributed by atoms with van der Waals surface area (Å²) >= 11 is 0. The van der Waals surface area contributed by atoms with E-state index in [0.717, 1.165) is 0 Å². The second kappa shape index (κ2) is 5.51. The number of nitrogens with zero attached hydrogens (tertiary/aromatic N) is 3. The summed E-state index contributed by atoms with van der Waals surface area (Å²) in [6.45, 7) is 0. The Balaban J connectivity index is 2.38. The number of benzene rings is 2. The summed E-state index contributed by atoms with van der Waals surface area (Å²) in [6, 6.07) is 13.9. The van der Waals surface area contributed by atoms with E-state index in [9.17, 15) is 10.1 Å². The lowest BCUT2D eigenvalue weighted by molar-refractivity contribution is -0.385. The first-order valence-electron chi connectivity index (χ1n) is 5.50. The van der Waals surface area contributed by atoms with Crippen molar-refractivity contribution in [3.63, 3.8) is 0 Å². The van der Waals surface area contributed by atoms with Crippen LogP contribution in [0.1, 0.15) is 11.1 Å². The molecule has 96 valence electrons. The topological polar surface area (TPSA) is 99.9 Å². The van der Waals surface area contributed by atoms with E-state index < -0.39 is 4.92 Å². The smallest absolute Gasteiger partial charge is 0.311 e. The van der Waals surface area contributed by atoms with Gasteiger partial charge in [-0.25, -0.2) is 0 Å². The number of nitro groups is 1. The van der Waals surface area contributed by atoms with Gasteiger partial charge in [-0.1, -0.05) is 0 Å². The lowest BCUT2D eigenvalue weighted by atomic mass is 10.2. The number of hydrogen-bond acceptors (Lipinski definition) is 5. The highest BCUT2D eigenvalue weighted by Gasteiger charge is 2.16. The van der Waals surface area contributed by atoms with E-state index in [1.165, 1.54) is 42.5 Å². The van der Waals surface area contributed by atoms with Gasteiger partial charge in [-0.05, 0) is 30.3 Å². The first-order chi connectivity index (χ1) is 9.63. The summed E-state index contributed by atoms with van der Waals surface area (Å²) in [7, 11) is 0. The van der Waals surface area contributed by atoms with Crippen LogP contribution in [0.15, 0.2) is 42.5 Å². The Hall–Kier alpha value is -3.38. The van der Waals surface area contributed by atoms with Gasteiger partial charge in [0.2, 0.25) is 5.75 Å². The third-order valence-electron chi connectivity index (χ3n) is 2.50. The van der Waals surface area contributed by atoms with Crippen LogP contribution in [0.25, 0.3) is 0 Å². The minimum absolute atomic E-state index is 0.0150. The SMILES string of the molecule is N#Cc1ccc(Oc2cc(C#N)ccc2[N+](=O)[O-])cc1. The Morgan fingerprint density at radius 1 is 1.00 bits per heavy atom. The summed E-state index contributed by atoms with van der Waals surface area (Å²) < 4.78 is 5.41. The highest BCUT2D eigenvalue weighted by molar-refractivity contribution is 5.53. The molecule has 0 saturated carbocycles. The van der Waals surface area contributed by atoms with Crippen LogP contribution >= 0.6 is 0 Å². The van der Waals surface area contributed by atoms with Crippen molar-refractivity contribution in [3.8, 4) is 23.6 Å². The maximum Gasteiger partial charge on any atom is 0.311 e. The zero-order valence-corrected chi connectivity index (χ0v) is 10.1. The second-order valence-corrected chi connectivity index (χ2v) is 3.79. The van der Waals surface area contributed by atoms with Gasteiger partial charge in [0.15, 0.2) is 0 Å². The molecule has 6 heteroatoms. The molecule has 0 N–H and O–H groups in total. The van der Waals surface area contributed by atoms with Crippen molar-refractivity contribution in [1.82, 2.24) is 0 Å². The van der Waals surface area contributed by atoms with Crippen LogP contribution < -0.4 is 4.74 Å². The molecule has 0 amide bonds. The van der Waals surface area contributed by atoms with Gasteiger partial charge >= 0.3 is 5.69 Å². The van der Waals surface area contributed by atoms with Crippen molar-refractivity contribution >= 4 is 5.69 Å². The molecule has 0 radical (unpaired) electrons. The molecular weight excluding hydrogens is 258 g/mol. The van der Waals surface area contributed by atoms with Gasteiger partial charge < -0.3 is 4.74 Å². The second-order valence-electron chi connectivity index (χ2n) is 3.79. The van der Waals surface area contributed by atoms with Crippen LogP contribution in [0.2, 0.25) is 0 Å². The van der Waals surface area contributed by atoms with Crippen LogP contribution in [0.4, 0.5) is 5.69 Å². The Kier molecular flexibility index (Phi) is 3.60. The monoisotopic (exact) mass is 265 g/mol. The van der Waals surface area contributed by atoms with Crippen molar-refractivity contribution in [1.29, 1.82) is 10.5 Å². The lowest BCUT2D eigenvalue weighted by Gasteiger charge is -2.06. The summed E-state index contributed by atoms with van der Waals surface area (Å²) in [4.78, 5) is 10.3. The Morgan fingerprint density at radius 3 is 2.15 bits per heavy atom. The highest BCUT2D eigenvalue weighted by atomic mass is 16.6.